The van der Waals surface area contributed by atoms with Crippen molar-refractivity contribution in [3.63, 3.8) is 0 Å². The highest BCUT2D eigenvalue weighted by molar-refractivity contribution is 9.10. The lowest BCUT2D eigenvalue weighted by Gasteiger charge is -2.13. The van der Waals surface area contributed by atoms with Gasteiger partial charge < -0.3 is 4.42 Å². The van der Waals surface area contributed by atoms with E-state index in [1.807, 2.05) is 6.07 Å². The molecule has 1 heterocycles. The molecule has 2 nitrogen and oxygen atoms in total. The highest BCUT2D eigenvalue weighted by Crippen LogP contribution is 2.28. The average Bonchev–Trinajstić information content (AvgIpc) is 2.80. The normalized spacial score (nSPS) is 17.2. The van der Waals surface area contributed by atoms with Crippen LogP contribution in [-0.4, -0.2) is 18.0 Å². The zero-order chi connectivity index (χ0) is 8.55. The van der Waals surface area contributed by atoms with Crippen LogP contribution >= 0.6 is 15.9 Å². The molecule has 0 unspecified atom stereocenters. The third kappa shape index (κ3) is 1.72. The Morgan fingerprint density at radius 3 is 2.92 bits per heavy atom. The van der Waals surface area contributed by atoms with Crippen LogP contribution in [0.3, 0.4) is 0 Å². The van der Waals surface area contributed by atoms with Crippen molar-refractivity contribution in [2.45, 2.75) is 25.4 Å². The lowest BCUT2D eigenvalue weighted by Crippen LogP contribution is -2.19. The first-order valence-corrected chi connectivity index (χ1v) is 4.99. The SMILES string of the molecule is CN(Cc1occc1Br)C1CC1. The van der Waals surface area contributed by atoms with Gasteiger partial charge in [-0.3, -0.25) is 4.90 Å². The molecule has 0 aromatic carbocycles. The fourth-order valence-corrected chi connectivity index (χ4v) is 1.64. The van der Waals surface area contributed by atoms with E-state index >= 15 is 0 Å². The van der Waals surface area contributed by atoms with Gasteiger partial charge in [-0.05, 0) is 41.9 Å². The molecule has 1 aromatic rings. The molecule has 0 spiro atoms. The first-order chi connectivity index (χ1) is 5.77. The standard InChI is InChI=1S/C9H12BrNO/c1-11(7-2-3-7)6-9-8(10)4-5-12-9/h4-5,7H,2-3,6H2,1H3. The van der Waals surface area contributed by atoms with Crippen LogP contribution in [0.25, 0.3) is 0 Å². The highest BCUT2D eigenvalue weighted by atomic mass is 79.9. The Labute approximate surface area is 80.7 Å². The fraction of sp³-hybridized carbons (Fsp3) is 0.556. The number of hydrogen-bond donors (Lipinski definition) is 0. The van der Waals surface area contributed by atoms with Crippen LogP contribution in [0.15, 0.2) is 21.2 Å². The van der Waals surface area contributed by atoms with Crippen molar-refractivity contribution in [2.24, 2.45) is 0 Å². The van der Waals surface area contributed by atoms with Gasteiger partial charge in [-0.15, -0.1) is 0 Å². The van der Waals surface area contributed by atoms with E-state index < -0.39 is 0 Å². The first kappa shape index (κ1) is 8.32. The Bertz CT molecular complexity index is 267. The van der Waals surface area contributed by atoms with Crippen LogP contribution in [-0.2, 0) is 6.54 Å². The molecule has 0 N–H and O–H groups in total. The summed E-state index contributed by atoms with van der Waals surface area (Å²) in [6.45, 7) is 0.915. The van der Waals surface area contributed by atoms with E-state index in [0.29, 0.717) is 0 Å². The third-order valence-corrected chi connectivity index (χ3v) is 2.96. The van der Waals surface area contributed by atoms with E-state index in [9.17, 15) is 0 Å². The van der Waals surface area contributed by atoms with Crippen LogP contribution in [0.5, 0.6) is 0 Å². The van der Waals surface area contributed by atoms with Crippen LogP contribution in [0.4, 0.5) is 0 Å². The molecule has 0 amide bonds. The van der Waals surface area contributed by atoms with Crippen molar-refractivity contribution in [3.05, 3.63) is 22.6 Å². The molecule has 3 heteroatoms. The monoisotopic (exact) mass is 229 g/mol. The van der Waals surface area contributed by atoms with Crippen LogP contribution < -0.4 is 0 Å². The van der Waals surface area contributed by atoms with Crippen molar-refractivity contribution in [2.75, 3.05) is 7.05 Å². The Hall–Kier alpha value is -0.280. The summed E-state index contributed by atoms with van der Waals surface area (Å²) in [5.41, 5.74) is 0. The molecule has 66 valence electrons. The van der Waals surface area contributed by atoms with Gasteiger partial charge in [-0.1, -0.05) is 0 Å². The van der Waals surface area contributed by atoms with E-state index in [0.717, 1.165) is 22.8 Å². The van der Waals surface area contributed by atoms with Crippen molar-refractivity contribution in [3.8, 4) is 0 Å². The predicted octanol–water partition coefficient (Wildman–Crippen LogP) is 2.64. The van der Waals surface area contributed by atoms with Gasteiger partial charge in [0, 0.05) is 6.04 Å². The van der Waals surface area contributed by atoms with Crippen LogP contribution in [0.2, 0.25) is 0 Å². The largest absolute Gasteiger partial charge is 0.467 e. The summed E-state index contributed by atoms with van der Waals surface area (Å²) >= 11 is 3.44. The molecule has 0 radical (unpaired) electrons. The van der Waals surface area contributed by atoms with Gasteiger partial charge in [0.25, 0.3) is 0 Å². The topological polar surface area (TPSA) is 16.4 Å². The molecule has 0 bridgehead atoms. The second kappa shape index (κ2) is 3.23. The van der Waals surface area contributed by atoms with Crippen molar-refractivity contribution in [1.82, 2.24) is 4.90 Å². The quantitative estimate of drug-likeness (QED) is 0.793. The molecule has 0 saturated heterocycles. The molecular weight excluding hydrogens is 218 g/mol. The zero-order valence-electron chi connectivity index (χ0n) is 7.09. The molecule has 0 aliphatic heterocycles. The van der Waals surface area contributed by atoms with Crippen molar-refractivity contribution < 1.29 is 4.42 Å². The summed E-state index contributed by atoms with van der Waals surface area (Å²) in [6.07, 6.45) is 4.41. The molecule has 1 fully saturated rings. The highest BCUT2D eigenvalue weighted by Gasteiger charge is 2.26. The average molecular weight is 230 g/mol. The molecular formula is C9H12BrNO. The number of halogens is 1. The summed E-state index contributed by atoms with van der Waals surface area (Å²) in [6, 6.07) is 2.73. The summed E-state index contributed by atoms with van der Waals surface area (Å²) in [4.78, 5) is 2.34. The van der Waals surface area contributed by atoms with E-state index in [4.69, 9.17) is 4.42 Å². The molecule has 1 aliphatic carbocycles. The molecule has 2 rings (SSSR count). The maximum atomic E-state index is 5.32. The van der Waals surface area contributed by atoms with Crippen molar-refractivity contribution >= 4 is 15.9 Å². The molecule has 12 heavy (non-hydrogen) atoms. The third-order valence-electron chi connectivity index (χ3n) is 2.25. The van der Waals surface area contributed by atoms with Gasteiger partial charge in [0.15, 0.2) is 0 Å². The van der Waals surface area contributed by atoms with Crippen LogP contribution in [0.1, 0.15) is 18.6 Å². The first-order valence-electron chi connectivity index (χ1n) is 4.19. The summed E-state index contributed by atoms with van der Waals surface area (Å²) in [5, 5.41) is 0. The van der Waals surface area contributed by atoms with Crippen molar-refractivity contribution in [1.29, 1.82) is 0 Å². The second-order valence-corrected chi connectivity index (χ2v) is 4.19. The Balaban J connectivity index is 1.97. The summed E-state index contributed by atoms with van der Waals surface area (Å²) < 4.78 is 6.40. The minimum atomic E-state index is 0.794. The fourth-order valence-electron chi connectivity index (χ4n) is 1.31. The van der Waals surface area contributed by atoms with Gasteiger partial charge in [0.05, 0.1) is 17.3 Å². The number of furan rings is 1. The van der Waals surface area contributed by atoms with Crippen LogP contribution in [0, 0.1) is 0 Å². The zero-order valence-corrected chi connectivity index (χ0v) is 8.67. The Morgan fingerprint density at radius 1 is 1.67 bits per heavy atom. The number of hydrogen-bond acceptors (Lipinski definition) is 2. The minimum Gasteiger partial charge on any atom is -0.467 e. The minimum absolute atomic E-state index is 0.794. The number of rotatable bonds is 3. The van der Waals surface area contributed by atoms with Gasteiger partial charge in [0.2, 0.25) is 0 Å². The molecule has 1 saturated carbocycles. The lowest BCUT2D eigenvalue weighted by atomic mass is 10.4. The molecule has 1 aromatic heterocycles. The predicted molar refractivity (Wildman–Crippen MR) is 50.9 cm³/mol. The van der Waals surface area contributed by atoms with Gasteiger partial charge >= 0.3 is 0 Å². The van der Waals surface area contributed by atoms with Gasteiger partial charge in [0.1, 0.15) is 5.76 Å². The lowest BCUT2D eigenvalue weighted by molar-refractivity contribution is 0.285. The van der Waals surface area contributed by atoms with E-state index in [-0.39, 0.29) is 0 Å². The Morgan fingerprint density at radius 2 is 2.42 bits per heavy atom. The Kier molecular flexibility index (Phi) is 2.24. The summed E-state index contributed by atoms with van der Waals surface area (Å²) in [5.74, 6) is 1.03. The molecule has 1 aliphatic rings. The maximum Gasteiger partial charge on any atom is 0.131 e. The maximum absolute atomic E-state index is 5.32. The van der Waals surface area contributed by atoms with Gasteiger partial charge in [-0.25, -0.2) is 0 Å². The van der Waals surface area contributed by atoms with Gasteiger partial charge in [-0.2, -0.15) is 0 Å². The second-order valence-electron chi connectivity index (χ2n) is 3.34. The van der Waals surface area contributed by atoms with E-state index in [2.05, 4.69) is 27.9 Å². The molecule has 0 atom stereocenters. The van der Waals surface area contributed by atoms with E-state index in [1.54, 1.807) is 6.26 Å². The smallest absolute Gasteiger partial charge is 0.131 e. The number of nitrogens with zero attached hydrogens (tertiary/aromatic N) is 1. The van der Waals surface area contributed by atoms with E-state index in [1.165, 1.54) is 12.8 Å². The summed E-state index contributed by atoms with van der Waals surface area (Å²) in [7, 11) is 2.15.